The van der Waals surface area contributed by atoms with Gasteiger partial charge in [-0.1, -0.05) is 27.7 Å². The first-order valence-electron chi connectivity index (χ1n) is 8.49. The Kier molecular flexibility index (Phi) is 14.2. The zero-order valence-corrected chi connectivity index (χ0v) is 16.9. The third kappa shape index (κ3) is 7.94. The number of carbonyl (C=O) groups is 2. The van der Waals surface area contributed by atoms with Crippen molar-refractivity contribution < 1.29 is 19.1 Å². The van der Waals surface area contributed by atoms with Crippen LogP contribution < -0.4 is 0 Å². The van der Waals surface area contributed by atoms with Crippen LogP contribution in [0.15, 0.2) is 18.3 Å². The van der Waals surface area contributed by atoms with Crippen LogP contribution in [-0.2, 0) is 14.3 Å². The maximum Gasteiger partial charge on any atom is 0.338 e. The second kappa shape index (κ2) is 14.2. The predicted molar refractivity (Wildman–Crippen MR) is 103 cm³/mol. The minimum absolute atomic E-state index is 0.384. The lowest BCUT2D eigenvalue weighted by Crippen LogP contribution is -2.04. The van der Waals surface area contributed by atoms with E-state index < -0.39 is 5.97 Å². The minimum Gasteiger partial charge on any atom is -0.465 e. The summed E-state index contributed by atoms with van der Waals surface area (Å²) in [6.45, 7) is 13.8. The van der Waals surface area contributed by atoms with Gasteiger partial charge in [0.15, 0.2) is 0 Å². The van der Waals surface area contributed by atoms with Crippen molar-refractivity contribution in [2.24, 2.45) is 0 Å². The van der Waals surface area contributed by atoms with Gasteiger partial charge in [0, 0.05) is 24.4 Å². The molecule has 0 bridgehead atoms. The summed E-state index contributed by atoms with van der Waals surface area (Å²) >= 11 is 0. The SMILES string of the molecule is CC.CC.COC(=O)c1cc(C)nc2c1ccn2C=O.COC(C)C. The van der Waals surface area contributed by atoms with Gasteiger partial charge in [0.1, 0.15) is 5.65 Å². The van der Waals surface area contributed by atoms with Crippen LogP contribution in [0.25, 0.3) is 11.0 Å². The third-order valence-electron chi connectivity index (χ3n) is 2.80. The van der Waals surface area contributed by atoms with E-state index in [9.17, 15) is 9.59 Å². The summed E-state index contributed by atoms with van der Waals surface area (Å²) in [7, 11) is 3.02. The Balaban J connectivity index is 0. The minimum atomic E-state index is -0.431. The van der Waals surface area contributed by atoms with Crippen LogP contribution in [0.2, 0.25) is 0 Å². The molecule has 0 saturated heterocycles. The predicted octanol–water partition coefficient (Wildman–Crippen LogP) is 4.26. The van der Waals surface area contributed by atoms with Gasteiger partial charge >= 0.3 is 5.97 Å². The van der Waals surface area contributed by atoms with Gasteiger partial charge in [0.25, 0.3) is 0 Å². The molecule has 0 aliphatic heterocycles. The maximum absolute atomic E-state index is 11.5. The number of aromatic nitrogens is 2. The number of carbonyl (C=O) groups excluding carboxylic acids is 2. The summed E-state index contributed by atoms with van der Waals surface area (Å²) in [5.41, 5.74) is 1.55. The Bertz CT molecular complexity index is 634. The van der Waals surface area contributed by atoms with Crippen LogP contribution in [0.4, 0.5) is 0 Å². The fourth-order valence-corrected chi connectivity index (χ4v) is 1.62. The van der Waals surface area contributed by atoms with Crippen molar-refractivity contribution in [3.63, 3.8) is 0 Å². The van der Waals surface area contributed by atoms with E-state index in [4.69, 9.17) is 4.74 Å². The molecule has 0 atom stereocenters. The summed E-state index contributed by atoms with van der Waals surface area (Å²) in [6.07, 6.45) is 2.60. The highest BCUT2D eigenvalue weighted by Crippen LogP contribution is 2.19. The van der Waals surface area contributed by atoms with E-state index in [1.807, 2.05) is 41.5 Å². The van der Waals surface area contributed by atoms with Gasteiger partial charge in [-0.05, 0) is 32.9 Å². The van der Waals surface area contributed by atoms with Gasteiger partial charge in [-0.3, -0.25) is 9.36 Å². The van der Waals surface area contributed by atoms with Crippen molar-refractivity contribution >= 4 is 23.4 Å². The molecule has 0 N–H and O–H groups in total. The number of ether oxygens (including phenoxy) is 2. The number of pyridine rings is 1. The number of nitrogens with zero attached hydrogens (tertiary/aromatic N) is 2. The van der Waals surface area contributed by atoms with E-state index in [0.717, 1.165) is 0 Å². The lowest BCUT2D eigenvalue weighted by Gasteiger charge is -2.03. The van der Waals surface area contributed by atoms with Crippen molar-refractivity contribution in [1.82, 2.24) is 9.55 Å². The molecule has 0 radical (unpaired) electrons. The Morgan fingerprint density at radius 2 is 1.72 bits per heavy atom. The maximum atomic E-state index is 11.5. The number of methoxy groups -OCH3 is 2. The van der Waals surface area contributed by atoms with Crippen molar-refractivity contribution in [3.8, 4) is 0 Å². The Labute approximate surface area is 151 Å². The normalized spacial score (nSPS) is 9.04. The molecule has 6 heteroatoms. The Hall–Kier alpha value is -2.21. The van der Waals surface area contributed by atoms with Gasteiger partial charge in [0.05, 0.1) is 18.8 Å². The van der Waals surface area contributed by atoms with Crippen LogP contribution in [0.5, 0.6) is 0 Å². The van der Waals surface area contributed by atoms with Crippen molar-refractivity contribution in [2.45, 2.75) is 54.6 Å². The number of hydrogen-bond acceptors (Lipinski definition) is 5. The molecule has 0 aliphatic carbocycles. The summed E-state index contributed by atoms with van der Waals surface area (Å²) in [6, 6.07) is 3.31. The number of aryl methyl sites for hydroxylation is 1. The lowest BCUT2D eigenvalue weighted by atomic mass is 10.1. The largest absolute Gasteiger partial charge is 0.465 e. The van der Waals surface area contributed by atoms with Gasteiger partial charge in [-0.15, -0.1) is 0 Å². The smallest absolute Gasteiger partial charge is 0.338 e. The molecule has 6 nitrogen and oxygen atoms in total. The van der Waals surface area contributed by atoms with Crippen LogP contribution in [0.1, 0.15) is 57.6 Å². The molecular formula is C19H32N2O4. The highest BCUT2D eigenvalue weighted by molar-refractivity contribution is 6.03. The fraction of sp³-hybridized carbons (Fsp3) is 0.526. The van der Waals surface area contributed by atoms with Crippen molar-refractivity contribution in [1.29, 1.82) is 0 Å². The zero-order chi connectivity index (χ0) is 20.0. The van der Waals surface area contributed by atoms with Crippen LogP contribution >= 0.6 is 0 Å². The zero-order valence-electron chi connectivity index (χ0n) is 16.9. The van der Waals surface area contributed by atoms with E-state index in [-0.39, 0.29) is 0 Å². The molecule has 25 heavy (non-hydrogen) atoms. The molecule has 2 rings (SSSR count). The molecule has 2 aromatic heterocycles. The number of fused-ring (bicyclic) bond motifs is 1. The van der Waals surface area contributed by atoms with E-state index in [1.54, 1.807) is 32.4 Å². The molecule has 142 valence electrons. The quantitative estimate of drug-likeness (QED) is 0.609. The molecule has 2 aromatic rings. The van der Waals surface area contributed by atoms with Gasteiger partial charge in [0.2, 0.25) is 6.41 Å². The van der Waals surface area contributed by atoms with Crippen molar-refractivity contribution in [3.05, 3.63) is 29.6 Å². The fourth-order valence-electron chi connectivity index (χ4n) is 1.62. The highest BCUT2D eigenvalue weighted by Gasteiger charge is 2.14. The molecule has 0 spiro atoms. The van der Waals surface area contributed by atoms with Crippen LogP contribution in [0.3, 0.4) is 0 Å². The molecule has 0 fully saturated rings. The molecule has 0 saturated carbocycles. The molecule has 0 aromatic carbocycles. The second-order valence-corrected chi connectivity index (χ2v) is 4.65. The monoisotopic (exact) mass is 352 g/mol. The number of rotatable bonds is 3. The van der Waals surface area contributed by atoms with Crippen LogP contribution in [-0.4, -0.2) is 42.3 Å². The van der Waals surface area contributed by atoms with Gasteiger partial charge in [-0.2, -0.15) is 0 Å². The van der Waals surface area contributed by atoms with Crippen LogP contribution in [0, 0.1) is 6.92 Å². The first kappa shape index (κ1) is 25.0. The standard InChI is InChI=1S/C11H10N2O3.C4H10O.2C2H6/c1-7-5-9(11(15)16-2)8-3-4-13(6-14)10(8)12-7;1-4(2)5-3;2*1-2/h3-6H,1-2H3;4H,1-3H3;2*1-2H3. The summed E-state index contributed by atoms with van der Waals surface area (Å²) in [5.74, 6) is -0.431. The number of hydrogen-bond donors (Lipinski definition) is 0. The molecule has 0 amide bonds. The van der Waals surface area contributed by atoms with E-state index in [0.29, 0.717) is 34.8 Å². The molecule has 2 heterocycles. The average molecular weight is 352 g/mol. The molecular weight excluding hydrogens is 320 g/mol. The average Bonchev–Trinajstić information content (AvgIpc) is 3.06. The summed E-state index contributed by atoms with van der Waals surface area (Å²) in [5, 5.41) is 0.615. The van der Waals surface area contributed by atoms with Gasteiger partial charge in [-0.25, -0.2) is 9.78 Å². The highest BCUT2D eigenvalue weighted by atomic mass is 16.5. The van der Waals surface area contributed by atoms with Gasteiger partial charge < -0.3 is 9.47 Å². The third-order valence-corrected chi connectivity index (χ3v) is 2.80. The molecule has 0 unspecified atom stereocenters. The first-order chi connectivity index (χ1) is 11.9. The Morgan fingerprint density at radius 3 is 2.12 bits per heavy atom. The number of esters is 1. The van der Waals surface area contributed by atoms with E-state index in [1.165, 1.54) is 11.7 Å². The van der Waals surface area contributed by atoms with E-state index >= 15 is 0 Å². The topological polar surface area (TPSA) is 70.4 Å². The first-order valence-corrected chi connectivity index (χ1v) is 8.49. The summed E-state index contributed by atoms with van der Waals surface area (Å²) < 4.78 is 10.8. The summed E-state index contributed by atoms with van der Waals surface area (Å²) in [4.78, 5) is 26.5. The lowest BCUT2D eigenvalue weighted by molar-refractivity contribution is 0.0602. The van der Waals surface area contributed by atoms with Crippen molar-refractivity contribution in [2.75, 3.05) is 14.2 Å². The second-order valence-electron chi connectivity index (χ2n) is 4.65. The molecule has 0 aliphatic rings. The Morgan fingerprint density at radius 1 is 1.20 bits per heavy atom. The van der Waals surface area contributed by atoms with E-state index in [2.05, 4.69) is 9.72 Å².